The van der Waals surface area contributed by atoms with Gasteiger partial charge in [-0.3, -0.25) is 9.67 Å². The summed E-state index contributed by atoms with van der Waals surface area (Å²) in [4.78, 5) is 4.35. The van der Waals surface area contributed by atoms with Gasteiger partial charge in [-0.05, 0) is 51.3 Å². The molecule has 0 aliphatic heterocycles. The van der Waals surface area contributed by atoms with Crippen molar-refractivity contribution in [2.45, 2.75) is 47.7 Å². The number of aromatic nitrogens is 2. The number of aryl methyl sites for hydroxylation is 3. The molecule has 0 spiro atoms. The zero-order chi connectivity index (χ0) is 21.9. The van der Waals surface area contributed by atoms with E-state index in [0.717, 1.165) is 36.1 Å². The maximum absolute atomic E-state index is 5.93. The summed E-state index contributed by atoms with van der Waals surface area (Å²) in [6.07, 6.45) is 0. The number of hydrogen-bond acceptors (Lipinski definition) is 4. The second-order valence-electron chi connectivity index (χ2n) is 7.68. The van der Waals surface area contributed by atoms with Gasteiger partial charge in [0.05, 0.1) is 12.3 Å². The summed E-state index contributed by atoms with van der Waals surface area (Å²) in [7, 11) is 1.79. The van der Waals surface area contributed by atoms with Crippen LogP contribution in [0, 0.1) is 26.7 Å². The minimum atomic E-state index is 0.415. The number of nitrogens with zero attached hydrogens (tertiary/aromatic N) is 3. The second-order valence-corrected chi connectivity index (χ2v) is 7.68. The van der Waals surface area contributed by atoms with Crippen molar-refractivity contribution in [3.63, 3.8) is 0 Å². The molecule has 0 saturated carbocycles. The van der Waals surface area contributed by atoms with Crippen molar-refractivity contribution >= 4 is 5.96 Å². The molecular weight excluding hydrogens is 378 g/mol. The Morgan fingerprint density at radius 2 is 1.97 bits per heavy atom. The average molecular weight is 416 g/mol. The lowest BCUT2D eigenvalue weighted by atomic mass is 10.1. The Bertz CT molecular complexity index is 816. The first-order chi connectivity index (χ1) is 14.4. The number of nitrogens with one attached hydrogen (secondary N) is 2. The van der Waals surface area contributed by atoms with Gasteiger partial charge in [0, 0.05) is 44.5 Å². The fraction of sp³-hybridized carbons (Fsp3) is 0.565. The minimum Gasteiger partial charge on any atom is -0.491 e. The van der Waals surface area contributed by atoms with Gasteiger partial charge in [0.15, 0.2) is 5.96 Å². The van der Waals surface area contributed by atoms with Crippen molar-refractivity contribution in [1.29, 1.82) is 0 Å². The molecule has 0 aliphatic rings. The Balaban J connectivity index is 1.85. The van der Waals surface area contributed by atoms with Crippen LogP contribution in [0.15, 0.2) is 29.3 Å². The van der Waals surface area contributed by atoms with E-state index in [9.17, 15) is 0 Å². The normalized spacial score (nSPS) is 12.7. The molecule has 0 radical (unpaired) electrons. The first-order valence-corrected chi connectivity index (χ1v) is 10.7. The molecule has 0 amide bonds. The zero-order valence-corrected chi connectivity index (χ0v) is 19.3. The lowest BCUT2D eigenvalue weighted by Gasteiger charge is -2.18. The molecule has 0 aliphatic carbocycles. The summed E-state index contributed by atoms with van der Waals surface area (Å²) in [5.74, 6) is 2.07. The monoisotopic (exact) mass is 415 g/mol. The van der Waals surface area contributed by atoms with E-state index in [0.29, 0.717) is 32.3 Å². The van der Waals surface area contributed by atoms with Crippen LogP contribution >= 0.6 is 0 Å². The van der Waals surface area contributed by atoms with Gasteiger partial charge in [-0.2, -0.15) is 5.10 Å². The number of ether oxygens (including phenoxy) is 2. The van der Waals surface area contributed by atoms with Crippen LogP contribution in [0.2, 0.25) is 0 Å². The van der Waals surface area contributed by atoms with E-state index in [1.807, 2.05) is 13.8 Å². The Kier molecular flexibility index (Phi) is 9.67. The highest BCUT2D eigenvalue weighted by molar-refractivity contribution is 5.79. The van der Waals surface area contributed by atoms with Crippen LogP contribution in [0.4, 0.5) is 0 Å². The zero-order valence-electron chi connectivity index (χ0n) is 19.3. The fourth-order valence-electron chi connectivity index (χ4n) is 3.19. The van der Waals surface area contributed by atoms with Crippen LogP contribution in [0.1, 0.15) is 36.4 Å². The van der Waals surface area contributed by atoms with Gasteiger partial charge in [0.25, 0.3) is 0 Å². The molecule has 0 fully saturated rings. The molecule has 0 bridgehead atoms. The number of aliphatic imine (C=N–C) groups is 1. The molecule has 7 heteroatoms. The van der Waals surface area contributed by atoms with E-state index >= 15 is 0 Å². The van der Waals surface area contributed by atoms with E-state index in [-0.39, 0.29) is 0 Å². The Morgan fingerprint density at radius 3 is 2.63 bits per heavy atom. The molecule has 1 aromatic carbocycles. The SMILES string of the molecule is CCOCCOc1cc(C)ccc1CNC(=NC)NCC(C)Cn1nc(C)cc1C. The quantitative estimate of drug-likeness (QED) is 0.335. The highest BCUT2D eigenvalue weighted by atomic mass is 16.5. The summed E-state index contributed by atoms with van der Waals surface area (Å²) in [5.41, 5.74) is 4.52. The van der Waals surface area contributed by atoms with Crippen molar-refractivity contribution in [3.05, 3.63) is 46.8 Å². The maximum atomic E-state index is 5.93. The predicted molar refractivity (Wildman–Crippen MR) is 122 cm³/mol. The van der Waals surface area contributed by atoms with Crippen molar-refractivity contribution < 1.29 is 9.47 Å². The number of guanidine groups is 1. The van der Waals surface area contributed by atoms with Crippen LogP contribution < -0.4 is 15.4 Å². The van der Waals surface area contributed by atoms with E-state index in [1.54, 1.807) is 7.05 Å². The third kappa shape index (κ3) is 7.71. The summed E-state index contributed by atoms with van der Waals surface area (Å²) in [6.45, 7) is 14.5. The molecule has 2 N–H and O–H groups in total. The van der Waals surface area contributed by atoms with E-state index in [2.05, 4.69) is 70.4 Å². The Hall–Kier alpha value is -2.54. The topological polar surface area (TPSA) is 72.7 Å². The van der Waals surface area contributed by atoms with E-state index in [4.69, 9.17) is 9.47 Å². The lowest BCUT2D eigenvalue weighted by Crippen LogP contribution is -2.39. The maximum Gasteiger partial charge on any atom is 0.191 e. The minimum absolute atomic E-state index is 0.415. The van der Waals surface area contributed by atoms with Gasteiger partial charge in [0.2, 0.25) is 0 Å². The first kappa shape index (κ1) is 23.7. The van der Waals surface area contributed by atoms with Crippen molar-refractivity contribution in [1.82, 2.24) is 20.4 Å². The molecule has 1 heterocycles. The van der Waals surface area contributed by atoms with Gasteiger partial charge < -0.3 is 20.1 Å². The number of rotatable bonds is 11. The Morgan fingerprint density at radius 1 is 1.17 bits per heavy atom. The third-order valence-corrected chi connectivity index (χ3v) is 4.79. The standard InChI is InChI=1S/C23H37N5O2/c1-7-29-10-11-30-22-12-17(2)8-9-21(22)15-26-23(24-6)25-14-18(3)16-28-20(5)13-19(4)27-28/h8-9,12-13,18H,7,10-11,14-16H2,1-6H3,(H2,24,25,26). The summed E-state index contributed by atoms with van der Waals surface area (Å²) >= 11 is 0. The highest BCUT2D eigenvalue weighted by Crippen LogP contribution is 2.20. The molecule has 2 aromatic rings. The van der Waals surface area contributed by atoms with Gasteiger partial charge in [-0.15, -0.1) is 0 Å². The molecule has 7 nitrogen and oxygen atoms in total. The predicted octanol–water partition coefficient (Wildman–Crippen LogP) is 3.22. The molecule has 1 unspecified atom stereocenters. The summed E-state index contributed by atoms with van der Waals surface area (Å²) in [6, 6.07) is 8.36. The molecule has 30 heavy (non-hydrogen) atoms. The van der Waals surface area contributed by atoms with Crippen LogP contribution in [0.3, 0.4) is 0 Å². The van der Waals surface area contributed by atoms with E-state index < -0.39 is 0 Å². The molecular formula is C23H37N5O2. The summed E-state index contributed by atoms with van der Waals surface area (Å²) in [5, 5.41) is 11.3. The van der Waals surface area contributed by atoms with Gasteiger partial charge >= 0.3 is 0 Å². The molecule has 1 aromatic heterocycles. The van der Waals surface area contributed by atoms with Crippen molar-refractivity contribution in [2.24, 2.45) is 10.9 Å². The van der Waals surface area contributed by atoms with Gasteiger partial charge in [0.1, 0.15) is 12.4 Å². The number of hydrogen-bond donors (Lipinski definition) is 2. The van der Waals surface area contributed by atoms with Gasteiger partial charge in [-0.1, -0.05) is 19.1 Å². The molecule has 166 valence electrons. The number of benzene rings is 1. The smallest absolute Gasteiger partial charge is 0.191 e. The average Bonchev–Trinajstić information content (AvgIpc) is 3.03. The Labute approximate surface area is 180 Å². The summed E-state index contributed by atoms with van der Waals surface area (Å²) < 4.78 is 13.4. The first-order valence-electron chi connectivity index (χ1n) is 10.7. The van der Waals surface area contributed by atoms with Crippen molar-refractivity contribution in [2.75, 3.05) is 33.4 Å². The molecule has 0 saturated heterocycles. The highest BCUT2D eigenvalue weighted by Gasteiger charge is 2.10. The fourth-order valence-corrected chi connectivity index (χ4v) is 3.19. The van der Waals surface area contributed by atoms with Crippen LogP contribution in [0.5, 0.6) is 5.75 Å². The lowest BCUT2D eigenvalue weighted by molar-refractivity contribution is 0.110. The van der Waals surface area contributed by atoms with Crippen LogP contribution in [0.25, 0.3) is 0 Å². The van der Waals surface area contributed by atoms with Crippen molar-refractivity contribution in [3.8, 4) is 5.75 Å². The van der Waals surface area contributed by atoms with Crippen LogP contribution in [-0.2, 0) is 17.8 Å². The molecule has 2 rings (SSSR count). The van der Waals surface area contributed by atoms with Crippen LogP contribution in [-0.4, -0.2) is 49.2 Å². The van der Waals surface area contributed by atoms with E-state index in [1.165, 1.54) is 11.3 Å². The largest absolute Gasteiger partial charge is 0.491 e. The van der Waals surface area contributed by atoms with Gasteiger partial charge in [-0.25, -0.2) is 0 Å². The molecule has 1 atom stereocenters. The second kappa shape index (κ2) is 12.2. The third-order valence-electron chi connectivity index (χ3n) is 4.79.